The van der Waals surface area contributed by atoms with Crippen LogP contribution in [0.3, 0.4) is 0 Å². The van der Waals surface area contributed by atoms with Crippen LogP contribution in [0, 0.1) is 0 Å². The highest BCUT2D eigenvalue weighted by molar-refractivity contribution is 5.76. The second-order valence-electron chi connectivity index (χ2n) is 17.2. The Hall–Kier alpha value is -2.05. The minimum atomic E-state index is -1.78. The molecule has 2 fully saturated rings. The van der Waals surface area contributed by atoms with Crippen molar-refractivity contribution in [1.82, 2.24) is 5.32 Å². The van der Waals surface area contributed by atoms with Gasteiger partial charge in [0, 0.05) is 6.42 Å². The number of aliphatic hydroxyl groups excluding tert-OH is 8. The highest BCUT2D eigenvalue weighted by atomic mass is 16.7. The summed E-state index contributed by atoms with van der Waals surface area (Å²) in [5.41, 5.74) is 0. The smallest absolute Gasteiger partial charge is 0.220 e. The third-order valence-corrected chi connectivity index (χ3v) is 11.8. The van der Waals surface area contributed by atoms with Crippen molar-refractivity contribution in [2.45, 2.75) is 235 Å². The largest absolute Gasteiger partial charge is 0.394 e. The van der Waals surface area contributed by atoms with Gasteiger partial charge in [0.2, 0.25) is 5.91 Å². The van der Waals surface area contributed by atoms with E-state index in [0.717, 1.165) is 89.9 Å². The summed E-state index contributed by atoms with van der Waals surface area (Å²) in [7, 11) is 0. The highest BCUT2D eigenvalue weighted by Gasteiger charge is 2.51. The van der Waals surface area contributed by atoms with E-state index < -0.39 is 86.8 Å². The van der Waals surface area contributed by atoms with Gasteiger partial charge in [-0.15, -0.1) is 0 Å². The molecule has 2 aliphatic rings. The van der Waals surface area contributed by atoms with Crippen molar-refractivity contribution >= 4 is 5.91 Å². The van der Waals surface area contributed by atoms with E-state index in [1.54, 1.807) is 0 Å². The van der Waals surface area contributed by atoms with E-state index in [1.165, 1.54) is 38.5 Å². The van der Waals surface area contributed by atoms with Gasteiger partial charge in [0.15, 0.2) is 12.6 Å². The molecule has 0 saturated carbocycles. The van der Waals surface area contributed by atoms with Crippen LogP contribution in [-0.2, 0) is 23.7 Å². The molecular formula is C49H87NO13. The topological polar surface area (TPSA) is 228 Å². The number of nitrogens with one attached hydrogen (secondary N) is 1. The molecule has 2 aliphatic heterocycles. The first-order chi connectivity index (χ1) is 30.6. The number of ether oxygens (including phenoxy) is 4. The van der Waals surface area contributed by atoms with Gasteiger partial charge in [-0.2, -0.15) is 0 Å². The number of carbonyl (C=O) groups excluding carboxylic acids is 1. The third kappa shape index (κ3) is 23.8. The summed E-state index contributed by atoms with van der Waals surface area (Å²) in [6.45, 7) is 2.68. The molecular weight excluding hydrogens is 811 g/mol. The van der Waals surface area contributed by atoms with E-state index in [-0.39, 0.29) is 18.9 Å². The van der Waals surface area contributed by atoms with Crippen LogP contribution in [0.25, 0.3) is 0 Å². The van der Waals surface area contributed by atoms with Crippen LogP contribution >= 0.6 is 0 Å². The number of aliphatic hydroxyl groups is 8. The molecule has 1 amide bonds. The molecule has 12 unspecified atom stereocenters. The maximum Gasteiger partial charge on any atom is 0.220 e. The molecule has 14 nitrogen and oxygen atoms in total. The third-order valence-electron chi connectivity index (χ3n) is 11.8. The molecule has 0 aliphatic carbocycles. The number of unbranched alkanes of at least 4 members (excludes halogenated alkanes) is 15. The Morgan fingerprint density at radius 3 is 1.68 bits per heavy atom. The fourth-order valence-electron chi connectivity index (χ4n) is 7.81. The van der Waals surface area contributed by atoms with E-state index >= 15 is 0 Å². The molecule has 0 aromatic carbocycles. The second-order valence-corrected chi connectivity index (χ2v) is 17.2. The molecule has 2 rings (SSSR count). The summed E-state index contributed by atoms with van der Waals surface area (Å²) >= 11 is 0. The zero-order valence-corrected chi connectivity index (χ0v) is 38.6. The molecule has 0 aromatic rings. The lowest BCUT2D eigenvalue weighted by Gasteiger charge is -2.46. The summed E-state index contributed by atoms with van der Waals surface area (Å²) in [5.74, 6) is -0.226. The fourth-order valence-corrected chi connectivity index (χ4v) is 7.81. The average molecular weight is 898 g/mol. The first-order valence-electron chi connectivity index (χ1n) is 24.4. The van der Waals surface area contributed by atoms with E-state index in [0.29, 0.717) is 12.8 Å². The summed E-state index contributed by atoms with van der Waals surface area (Å²) in [6.07, 6.45) is 24.0. The molecule has 0 spiro atoms. The lowest BCUT2D eigenvalue weighted by atomic mass is 9.97. The number of hydrogen-bond donors (Lipinski definition) is 9. The van der Waals surface area contributed by atoms with E-state index in [2.05, 4.69) is 67.8 Å². The number of carbonyl (C=O) groups is 1. The van der Waals surface area contributed by atoms with E-state index in [4.69, 9.17) is 18.9 Å². The Morgan fingerprint density at radius 1 is 0.587 bits per heavy atom. The van der Waals surface area contributed by atoms with Crippen LogP contribution in [0.4, 0.5) is 0 Å². The van der Waals surface area contributed by atoms with E-state index in [9.17, 15) is 45.6 Å². The molecule has 12 atom stereocenters. The van der Waals surface area contributed by atoms with Crippen LogP contribution in [-0.4, -0.2) is 140 Å². The van der Waals surface area contributed by atoms with Gasteiger partial charge in [-0.25, -0.2) is 0 Å². The van der Waals surface area contributed by atoms with Crippen LogP contribution in [0.2, 0.25) is 0 Å². The van der Waals surface area contributed by atoms with Gasteiger partial charge < -0.3 is 65.1 Å². The lowest BCUT2D eigenvalue weighted by molar-refractivity contribution is -0.359. The summed E-state index contributed by atoms with van der Waals surface area (Å²) in [4.78, 5) is 13.1. The van der Waals surface area contributed by atoms with Crippen molar-refractivity contribution in [3.8, 4) is 0 Å². The van der Waals surface area contributed by atoms with Gasteiger partial charge in [0.05, 0.1) is 32.0 Å². The first-order valence-corrected chi connectivity index (χ1v) is 24.4. The molecule has 0 aromatic heterocycles. The summed E-state index contributed by atoms with van der Waals surface area (Å²) in [6, 6.07) is -0.835. The van der Waals surface area contributed by atoms with Crippen molar-refractivity contribution in [3.63, 3.8) is 0 Å². The Labute approximate surface area is 378 Å². The normalized spacial score (nSPS) is 27.9. The minimum absolute atomic E-state index is 0.226. The van der Waals surface area contributed by atoms with Crippen molar-refractivity contribution in [2.24, 2.45) is 0 Å². The van der Waals surface area contributed by atoms with Gasteiger partial charge in [0.1, 0.15) is 48.8 Å². The summed E-state index contributed by atoms with van der Waals surface area (Å²) in [5, 5.41) is 86.7. The van der Waals surface area contributed by atoms with Crippen molar-refractivity contribution in [2.75, 3.05) is 19.8 Å². The van der Waals surface area contributed by atoms with Crippen LogP contribution in [0.5, 0.6) is 0 Å². The number of amides is 1. The van der Waals surface area contributed by atoms with Gasteiger partial charge >= 0.3 is 0 Å². The quantitative estimate of drug-likeness (QED) is 0.0272. The molecule has 0 radical (unpaired) electrons. The number of allylic oxidation sites excluding steroid dienone is 8. The van der Waals surface area contributed by atoms with Crippen LogP contribution in [0.1, 0.15) is 162 Å². The standard InChI is InChI=1S/C49H87NO13/c1-3-5-7-9-11-13-15-16-17-18-19-20-21-22-23-25-27-29-31-33-41(54)50-37(38(53)32-30-28-26-24-14-12-10-8-6-4-2)36-60-48-46(59)44(57)47(40(35-52)62-48)63-49-45(58)43(56)42(55)39(34-51)61-49/h5,7,11,13,16-17,19-20,37-40,42-49,51-53,55-59H,3-4,6,8-10,12,14-15,18,21-36H2,1-2H3,(H,50,54)/b7-5-,13-11-,17-16-,20-19-. The van der Waals surface area contributed by atoms with Crippen molar-refractivity contribution in [3.05, 3.63) is 48.6 Å². The fraction of sp³-hybridized carbons (Fsp3) is 0.816. The molecule has 366 valence electrons. The zero-order valence-electron chi connectivity index (χ0n) is 38.6. The average Bonchev–Trinajstić information content (AvgIpc) is 3.28. The number of rotatable bonds is 36. The molecule has 2 saturated heterocycles. The molecule has 2 heterocycles. The van der Waals surface area contributed by atoms with Gasteiger partial charge in [0.25, 0.3) is 0 Å². The van der Waals surface area contributed by atoms with Crippen molar-refractivity contribution in [1.29, 1.82) is 0 Å². The van der Waals surface area contributed by atoms with Gasteiger partial charge in [-0.3, -0.25) is 4.79 Å². The Morgan fingerprint density at radius 2 is 1.10 bits per heavy atom. The monoisotopic (exact) mass is 898 g/mol. The summed E-state index contributed by atoms with van der Waals surface area (Å²) < 4.78 is 22.7. The molecule has 14 heteroatoms. The van der Waals surface area contributed by atoms with Gasteiger partial charge in [-0.05, 0) is 51.4 Å². The molecule has 9 N–H and O–H groups in total. The number of hydrogen-bond acceptors (Lipinski definition) is 13. The lowest BCUT2D eigenvalue weighted by Crippen LogP contribution is -2.65. The highest BCUT2D eigenvalue weighted by Crippen LogP contribution is 2.30. The van der Waals surface area contributed by atoms with Crippen LogP contribution < -0.4 is 5.32 Å². The van der Waals surface area contributed by atoms with Crippen LogP contribution in [0.15, 0.2) is 48.6 Å². The van der Waals surface area contributed by atoms with Crippen molar-refractivity contribution < 1.29 is 64.6 Å². The maximum atomic E-state index is 13.1. The molecule has 0 bridgehead atoms. The Bertz CT molecular complexity index is 1250. The van der Waals surface area contributed by atoms with Gasteiger partial charge in [-0.1, -0.05) is 152 Å². The Balaban J connectivity index is 1.83. The predicted octanol–water partition coefficient (Wildman–Crippen LogP) is 5.71. The maximum absolute atomic E-state index is 13.1. The second kappa shape index (κ2) is 36.1. The first kappa shape index (κ1) is 57.1. The van der Waals surface area contributed by atoms with E-state index in [1.807, 2.05) is 0 Å². The molecule has 63 heavy (non-hydrogen) atoms. The Kier molecular flexibility index (Phi) is 32.7. The predicted molar refractivity (Wildman–Crippen MR) is 244 cm³/mol. The zero-order chi connectivity index (χ0) is 46.1. The SMILES string of the molecule is CC/C=C\C/C=C\C/C=C\C/C=C\CCCCCCCCC(=O)NC(COC1OC(CO)C(OC2OC(CO)C(O)C(O)C2O)C(O)C1O)C(O)CCCCCCCCCCCC. The minimum Gasteiger partial charge on any atom is -0.394 e.